The number of fused-ring (bicyclic) bond motifs is 1. The Kier molecular flexibility index (Phi) is 5.41. The lowest BCUT2D eigenvalue weighted by Gasteiger charge is -2.45. The maximum atomic E-state index is 12.7. The van der Waals surface area contributed by atoms with E-state index in [0.29, 0.717) is 36.9 Å². The molecule has 0 bridgehead atoms. The van der Waals surface area contributed by atoms with Gasteiger partial charge in [-0.05, 0) is 36.0 Å². The van der Waals surface area contributed by atoms with Crippen molar-refractivity contribution >= 4 is 17.7 Å². The number of ether oxygens (including phenoxy) is 1. The lowest BCUT2D eigenvalue weighted by Crippen LogP contribution is -2.56. The Hall–Kier alpha value is -3.91. The summed E-state index contributed by atoms with van der Waals surface area (Å²) < 4.78 is 5.78. The maximum absolute atomic E-state index is 12.7. The molecule has 0 unspecified atom stereocenters. The van der Waals surface area contributed by atoms with Gasteiger partial charge in [0.2, 0.25) is 5.88 Å². The fraction of sp³-hybridized carbons (Fsp3) is 0.321. The Morgan fingerprint density at radius 1 is 1.08 bits per heavy atom. The van der Waals surface area contributed by atoms with Crippen LogP contribution in [-0.2, 0) is 10.3 Å². The Bertz CT molecular complexity index is 1320. The average Bonchev–Trinajstić information content (AvgIpc) is 3.68. The molecule has 8 nitrogen and oxygen atoms in total. The molecule has 3 aromatic rings. The van der Waals surface area contributed by atoms with E-state index in [1.165, 1.54) is 0 Å². The summed E-state index contributed by atoms with van der Waals surface area (Å²) in [6.07, 6.45) is 1.31. The molecule has 2 aliphatic carbocycles. The largest absolute Gasteiger partial charge is 0.466 e. The number of anilines is 1. The number of aromatic nitrogens is 1. The van der Waals surface area contributed by atoms with E-state index in [1.807, 2.05) is 65.6 Å². The summed E-state index contributed by atoms with van der Waals surface area (Å²) in [4.78, 5) is 30.8. The van der Waals surface area contributed by atoms with Crippen LogP contribution in [0.2, 0.25) is 0 Å². The number of aliphatic hydroxyl groups excluding tert-OH is 1. The van der Waals surface area contributed by atoms with Crippen LogP contribution in [0.4, 0.5) is 10.5 Å². The first-order valence-corrected chi connectivity index (χ1v) is 12.3. The quantitative estimate of drug-likeness (QED) is 0.483. The number of nitrogens with one attached hydrogen (secondary N) is 1. The third-order valence-electron chi connectivity index (χ3n) is 7.34. The van der Waals surface area contributed by atoms with Gasteiger partial charge in [-0.25, -0.2) is 9.78 Å². The van der Waals surface area contributed by atoms with Crippen molar-refractivity contribution in [1.82, 2.24) is 10.3 Å². The zero-order valence-corrected chi connectivity index (χ0v) is 19.7. The summed E-state index contributed by atoms with van der Waals surface area (Å²) >= 11 is 0. The van der Waals surface area contributed by atoms with Crippen LogP contribution in [0.25, 0.3) is 22.4 Å². The Morgan fingerprint density at radius 2 is 1.81 bits per heavy atom. The fourth-order valence-corrected chi connectivity index (χ4v) is 5.25. The molecule has 2 fully saturated rings. The van der Waals surface area contributed by atoms with Gasteiger partial charge in [-0.2, -0.15) is 0 Å². The standard InChI is InChI=1S/C28H27N3O5/c32-21-13-28(14-21,30-27(34)35)20-10-8-19(9-11-20)25-22(18-4-2-1-3-5-18)12-23-26(29-25)36-16-24(33)31(23)15-17-6-7-17/h1-5,8-12,17,21,30,32H,6-7,13-16H2,(H,34,35)/t21-,28-. The van der Waals surface area contributed by atoms with Crippen LogP contribution in [0.3, 0.4) is 0 Å². The molecule has 0 saturated heterocycles. The molecule has 184 valence electrons. The number of benzene rings is 2. The van der Waals surface area contributed by atoms with Crippen molar-refractivity contribution in [2.45, 2.75) is 37.3 Å². The molecule has 2 heterocycles. The first kappa shape index (κ1) is 22.5. The molecule has 0 atom stereocenters. The summed E-state index contributed by atoms with van der Waals surface area (Å²) in [6, 6.07) is 19.5. The van der Waals surface area contributed by atoms with Crippen molar-refractivity contribution < 1.29 is 24.5 Å². The second-order valence-electron chi connectivity index (χ2n) is 9.96. The molecule has 8 heteroatoms. The van der Waals surface area contributed by atoms with Gasteiger partial charge in [-0.1, -0.05) is 54.6 Å². The molecule has 1 aromatic heterocycles. The number of carbonyl (C=O) groups is 2. The van der Waals surface area contributed by atoms with E-state index in [0.717, 1.165) is 40.8 Å². The summed E-state index contributed by atoms with van der Waals surface area (Å²) in [6.45, 7) is 0.658. The molecular weight excluding hydrogens is 458 g/mol. The second-order valence-corrected chi connectivity index (χ2v) is 9.96. The highest BCUT2D eigenvalue weighted by Gasteiger charge is 2.46. The minimum atomic E-state index is -1.11. The molecule has 2 saturated carbocycles. The summed E-state index contributed by atoms with van der Waals surface area (Å²) in [7, 11) is 0. The van der Waals surface area contributed by atoms with Crippen LogP contribution in [-0.4, -0.2) is 46.5 Å². The molecule has 1 aliphatic heterocycles. The highest BCUT2D eigenvalue weighted by atomic mass is 16.5. The molecule has 3 N–H and O–H groups in total. The van der Waals surface area contributed by atoms with Crippen molar-refractivity contribution in [2.24, 2.45) is 5.92 Å². The topological polar surface area (TPSA) is 112 Å². The number of hydrogen-bond acceptors (Lipinski definition) is 5. The molecule has 36 heavy (non-hydrogen) atoms. The first-order chi connectivity index (χ1) is 17.4. The van der Waals surface area contributed by atoms with Crippen LogP contribution in [0.5, 0.6) is 5.88 Å². The van der Waals surface area contributed by atoms with Gasteiger partial charge in [0.05, 0.1) is 17.3 Å². The van der Waals surface area contributed by atoms with Crippen LogP contribution in [0.15, 0.2) is 60.7 Å². The minimum Gasteiger partial charge on any atom is -0.466 e. The van der Waals surface area contributed by atoms with Crippen molar-refractivity contribution in [1.29, 1.82) is 0 Å². The average molecular weight is 486 g/mol. The van der Waals surface area contributed by atoms with Gasteiger partial charge < -0.3 is 25.2 Å². The Balaban J connectivity index is 1.42. The number of pyridine rings is 1. The fourth-order valence-electron chi connectivity index (χ4n) is 5.25. The third-order valence-corrected chi connectivity index (χ3v) is 7.34. The smallest absolute Gasteiger partial charge is 0.405 e. The Labute approximate surface area is 208 Å². The highest BCUT2D eigenvalue weighted by molar-refractivity contribution is 5.99. The number of amides is 2. The Morgan fingerprint density at radius 3 is 2.44 bits per heavy atom. The summed E-state index contributed by atoms with van der Waals surface area (Å²) in [5.74, 6) is 0.926. The number of aliphatic hydroxyl groups is 1. The maximum Gasteiger partial charge on any atom is 0.405 e. The monoisotopic (exact) mass is 485 g/mol. The SMILES string of the molecule is O=C(O)N[C@]1(c2ccc(-c3nc4c(cc3-c3ccccc3)N(CC3CC3)C(=O)CO4)cc2)C[C@@H](O)C1. The van der Waals surface area contributed by atoms with Crippen LogP contribution >= 0.6 is 0 Å². The van der Waals surface area contributed by atoms with Gasteiger partial charge in [-0.3, -0.25) is 4.79 Å². The third kappa shape index (κ3) is 4.07. The number of hydrogen-bond donors (Lipinski definition) is 3. The number of carboxylic acid groups (broad SMARTS) is 1. The van der Waals surface area contributed by atoms with E-state index in [4.69, 9.17) is 9.72 Å². The van der Waals surface area contributed by atoms with Gasteiger partial charge in [0.25, 0.3) is 5.91 Å². The van der Waals surface area contributed by atoms with Gasteiger partial charge >= 0.3 is 6.09 Å². The normalized spacial score (nSPS) is 22.9. The first-order valence-electron chi connectivity index (χ1n) is 12.3. The summed E-state index contributed by atoms with van der Waals surface area (Å²) in [5.41, 5.74) is 4.14. The van der Waals surface area contributed by atoms with Crippen molar-refractivity contribution in [3.63, 3.8) is 0 Å². The van der Waals surface area contributed by atoms with Gasteiger partial charge in [0.1, 0.15) is 5.69 Å². The van der Waals surface area contributed by atoms with E-state index in [-0.39, 0.29) is 12.5 Å². The van der Waals surface area contributed by atoms with E-state index in [2.05, 4.69) is 5.32 Å². The zero-order valence-electron chi connectivity index (χ0n) is 19.7. The van der Waals surface area contributed by atoms with Crippen molar-refractivity contribution in [2.75, 3.05) is 18.1 Å². The second kappa shape index (κ2) is 8.64. The summed E-state index contributed by atoms with van der Waals surface area (Å²) in [5, 5.41) is 21.8. The number of carbonyl (C=O) groups excluding carboxylic acids is 1. The molecule has 2 amide bonds. The predicted octanol–water partition coefficient (Wildman–Crippen LogP) is 4.17. The van der Waals surface area contributed by atoms with Gasteiger partial charge in [0, 0.05) is 30.5 Å². The van der Waals surface area contributed by atoms with Gasteiger partial charge in [0.15, 0.2) is 6.61 Å². The lowest BCUT2D eigenvalue weighted by molar-refractivity contribution is -0.121. The number of nitrogens with zero attached hydrogens (tertiary/aromatic N) is 2. The highest BCUT2D eigenvalue weighted by Crippen LogP contribution is 2.44. The molecule has 3 aliphatic rings. The molecule has 6 rings (SSSR count). The number of rotatable bonds is 6. The van der Waals surface area contributed by atoms with Crippen molar-refractivity contribution in [3.05, 3.63) is 66.2 Å². The van der Waals surface area contributed by atoms with E-state index < -0.39 is 17.7 Å². The van der Waals surface area contributed by atoms with E-state index in [1.54, 1.807) is 0 Å². The molecule has 2 aromatic carbocycles. The van der Waals surface area contributed by atoms with E-state index >= 15 is 0 Å². The molecular formula is C28H27N3O5. The van der Waals surface area contributed by atoms with Crippen LogP contribution < -0.4 is 15.0 Å². The predicted molar refractivity (Wildman–Crippen MR) is 134 cm³/mol. The molecule has 0 spiro atoms. The van der Waals surface area contributed by atoms with Crippen LogP contribution in [0, 0.1) is 5.92 Å². The van der Waals surface area contributed by atoms with Crippen molar-refractivity contribution in [3.8, 4) is 28.3 Å². The lowest BCUT2D eigenvalue weighted by atomic mass is 9.69. The molecule has 0 radical (unpaired) electrons. The zero-order chi connectivity index (χ0) is 24.9. The van der Waals surface area contributed by atoms with Gasteiger partial charge in [-0.15, -0.1) is 0 Å². The minimum absolute atomic E-state index is 0.0263. The van der Waals surface area contributed by atoms with E-state index in [9.17, 15) is 19.8 Å². The van der Waals surface area contributed by atoms with Crippen LogP contribution in [0.1, 0.15) is 31.2 Å².